The number of pyridine rings is 1. The maximum Gasteiger partial charge on any atom is 0.213 e. The highest BCUT2D eigenvalue weighted by molar-refractivity contribution is 7.91. The summed E-state index contributed by atoms with van der Waals surface area (Å²) in [5.41, 5.74) is 0.377. The first-order valence-electron chi connectivity index (χ1n) is 6.59. The predicted octanol–water partition coefficient (Wildman–Crippen LogP) is 1.69. The highest BCUT2D eigenvalue weighted by atomic mass is 32.2. The molecular weight excluding hydrogens is 300 g/mol. The quantitative estimate of drug-likeness (QED) is 0.770. The van der Waals surface area contributed by atoms with Gasteiger partial charge in [0.2, 0.25) is 9.84 Å². The molecule has 6 nitrogen and oxygen atoms in total. The lowest BCUT2D eigenvalue weighted by atomic mass is 10.4. The minimum atomic E-state index is -3.84. The van der Waals surface area contributed by atoms with Gasteiger partial charge in [0, 0.05) is 13.2 Å². The van der Waals surface area contributed by atoms with E-state index in [1.54, 1.807) is 49.6 Å². The van der Waals surface area contributed by atoms with Crippen LogP contribution in [0, 0.1) is 5.41 Å². The van der Waals surface area contributed by atoms with Crippen LogP contribution in [0.15, 0.2) is 64.5 Å². The molecule has 2 heterocycles. The molecule has 0 bridgehead atoms. The van der Waals surface area contributed by atoms with Gasteiger partial charge in [-0.3, -0.25) is 9.81 Å². The van der Waals surface area contributed by atoms with Gasteiger partial charge < -0.3 is 5.32 Å². The van der Waals surface area contributed by atoms with Gasteiger partial charge in [0.1, 0.15) is 5.65 Å². The summed E-state index contributed by atoms with van der Waals surface area (Å²) >= 11 is 0. The lowest BCUT2D eigenvalue weighted by Gasteiger charge is -2.12. The molecule has 0 aliphatic heterocycles. The smallest absolute Gasteiger partial charge is 0.213 e. The van der Waals surface area contributed by atoms with E-state index in [2.05, 4.69) is 10.3 Å². The van der Waals surface area contributed by atoms with E-state index in [-0.39, 0.29) is 21.1 Å². The summed E-state index contributed by atoms with van der Waals surface area (Å²) < 4.78 is 27.2. The Morgan fingerprint density at radius 3 is 2.45 bits per heavy atom. The van der Waals surface area contributed by atoms with Crippen molar-refractivity contribution < 1.29 is 8.42 Å². The summed E-state index contributed by atoms with van der Waals surface area (Å²) in [5.74, 6) is 0.167. The van der Waals surface area contributed by atoms with Crippen molar-refractivity contribution in [1.29, 1.82) is 5.41 Å². The molecule has 7 heteroatoms. The van der Waals surface area contributed by atoms with Crippen LogP contribution in [0.1, 0.15) is 0 Å². The van der Waals surface area contributed by atoms with Crippen molar-refractivity contribution >= 4 is 21.3 Å². The average Bonchev–Trinajstić information content (AvgIpc) is 2.55. The summed E-state index contributed by atoms with van der Waals surface area (Å²) in [5, 5.41) is 11.1. The number of benzene rings is 1. The topological polar surface area (TPSA) is 87.3 Å². The number of hydrogen-bond donors (Lipinski definition) is 2. The summed E-state index contributed by atoms with van der Waals surface area (Å²) in [4.78, 5) is 4.30. The Bertz CT molecular complexity index is 995. The van der Waals surface area contributed by atoms with Crippen LogP contribution in [0.25, 0.3) is 5.65 Å². The molecular formula is C15H14N4O2S. The largest absolute Gasteiger partial charge is 0.372 e. The minimum absolute atomic E-state index is 0.126. The van der Waals surface area contributed by atoms with Gasteiger partial charge in [0.05, 0.1) is 4.90 Å². The molecule has 0 radical (unpaired) electrons. The zero-order valence-electron chi connectivity index (χ0n) is 11.8. The number of nitrogens with one attached hydrogen (secondary N) is 2. The molecule has 0 fully saturated rings. The third kappa shape index (κ3) is 2.15. The number of hydrogen-bond acceptors (Lipinski definition) is 5. The minimum Gasteiger partial charge on any atom is -0.372 e. The van der Waals surface area contributed by atoms with Crippen molar-refractivity contribution in [3.63, 3.8) is 0 Å². The van der Waals surface area contributed by atoms with Crippen LogP contribution in [-0.4, -0.2) is 24.9 Å². The molecule has 0 amide bonds. The molecule has 0 unspecified atom stereocenters. The van der Waals surface area contributed by atoms with E-state index in [9.17, 15) is 8.42 Å². The molecule has 3 aromatic rings. The van der Waals surface area contributed by atoms with Crippen LogP contribution >= 0.6 is 0 Å². The zero-order chi connectivity index (χ0) is 15.7. The van der Waals surface area contributed by atoms with Crippen LogP contribution < -0.4 is 10.8 Å². The third-order valence-electron chi connectivity index (χ3n) is 3.29. The molecule has 1 aromatic carbocycles. The van der Waals surface area contributed by atoms with Crippen LogP contribution in [0.5, 0.6) is 0 Å². The Kier molecular flexibility index (Phi) is 3.42. The Morgan fingerprint density at radius 1 is 1.09 bits per heavy atom. The van der Waals surface area contributed by atoms with Crippen molar-refractivity contribution in [1.82, 2.24) is 9.38 Å². The first-order chi connectivity index (χ1) is 10.6. The van der Waals surface area contributed by atoms with Gasteiger partial charge >= 0.3 is 0 Å². The second-order valence-electron chi connectivity index (χ2n) is 4.63. The maximum atomic E-state index is 12.9. The van der Waals surface area contributed by atoms with E-state index in [1.165, 1.54) is 16.5 Å². The molecule has 0 atom stereocenters. The van der Waals surface area contributed by atoms with E-state index in [4.69, 9.17) is 5.41 Å². The summed E-state index contributed by atoms with van der Waals surface area (Å²) in [6.07, 6.45) is 1.62. The number of aromatic nitrogens is 2. The monoisotopic (exact) mass is 314 g/mol. The number of anilines is 1. The van der Waals surface area contributed by atoms with E-state index < -0.39 is 9.84 Å². The molecule has 22 heavy (non-hydrogen) atoms. The Morgan fingerprint density at radius 2 is 1.77 bits per heavy atom. The Labute approximate surface area is 127 Å². The molecule has 0 saturated carbocycles. The molecule has 0 spiro atoms. The lowest BCUT2D eigenvalue weighted by Crippen LogP contribution is -2.25. The van der Waals surface area contributed by atoms with Gasteiger partial charge in [-0.15, -0.1) is 0 Å². The second-order valence-corrected chi connectivity index (χ2v) is 6.52. The van der Waals surface area contributed by atoms with Crippen molar-refractivity contribution in [2.75, 3.05) is 12.4 Å². The molecule has 0 aliphatic rings. The summed E-state index contributed by atoms with van der Waals surface area (Å²) in [7, 11) is -2.25. The standard InChI is InChI=1S/C15H14N4O2S/c1-17-15-13(22(20,21)11-7-3-2-4-8-11)14(16)19-10-6-5-9-12(19)18-15/h2-10,16-17H,1H3. The number of nitrogens with zero attached hydrogens (tertiary/aromatic N) is 2. The van der Waals surface area contributed by atoms with Gasteiger partial charge in [-0.2, -0.15) is 0 Å². The first-order valence-corrected chi connectivity index (χ1v) is 8.08. The fourth-order valence-corrected chi connectivity index (χ4v) is 3.75. The fraction of sp³-hybridized carbons (Fsp3) is 0.0667. The number of sulfone groups is 1. The van der Waals surface area contributed by atoms with Gasteiger partial charge in [-0.05, 0) is 24.3 Å². The lowest BCUT2D eigenvalue weighted by molar-refractivity contribution is 0.593. The van der Waals surface area contributed by atoms with Crippen LogP contribution in [0.4, 0.5) is 5.82 Å². The molecule has 2 aromatic heterocycles. The SMILES string of the molecule is CNc1nc2ccccn2c(=N)c1S(=O)(=O)c1ccccc1. The van der Waals surface area contributed by atoms with Crippen molar-refractivity contribution in [3.8, 4) is 0 Å². The normalized spacial score (nSPS) is 11.5. The van der Waals surface area contributed by atoms with E-state index in [0.29, 0.717) is 5.65 Å². The van der Waals surface area contributed by atoms with E-state index in [0.717, 1.165) is 0 Å². The van der Waals surface area contributed by atoms with Gasteiger partial charge in [-0.1, -0.05) is 24.3 Å². The van der Waals surface area contributed by atoms with Crippen molar-refractivity contribution in [2.45, 2.75) is 9.79 Å². The number of fused-ring (bicyclic) bond motifs is 1. The number of rotatable bonds is 3. The Hall–Kier alpha value is -2.67. The van der Waals surface area contributed by atoms with E-state index >= 15 is 0 Å². The summed E-state index contributed by atoms with van der Waals surface area (Å²) in [6, 6.07) is 13.3. The molecule has 3 rings (SSSR count). The predicted molar refractivity (Wildman–Crippen MR) is 82.5 cm³/mol. The van der Waals surface area contributed by atoms with Crippen LogP contribution in [-0.2, 0) is 9.84 Å². The van der Waals surface area contributed by atoms with E-state index in [1.807, 2.05) is 0 Å². The average molecular weight is 314 g/mol. The van der Waals surface area contributed by atoms with Crippen LogP contribution in [0.3, 0.4) is 0 Å². The maximum absolute atomic E-state index is 12.9. The fourth-order valence-electron chi connectivity index (χ4n) is 2.24. The Balaban J connectivity index is 2.40. The van der Waals surface area contributed by atoms with Crippen molar-refractivity contribution in [2.24, 2.45) is 0 Å². The van der Waals surface area contributed by atoms with Gasteiger partial charge in [-0.25, -0.2) is 13.4 Å². The molecule has 0 aliphatic carbocycles. The first kappa shape index (κ1) is 14.3. The second kappa shape index (κ2) is 5.27. The molecule has 112 valence electrons. The third-order valence-corrected chi connectivity index (χ3v) is 5.11. The highest BCUT2D eigenvalue weighted by Gasteiger charge is 2.25. The summed E-state index contributed by atoms with van der Waals surface area (Å²) in [6.45, 7) is 0. The molecule has 2 N–H and O–H groups in total. The van der Waals surface area contributed by atoms with Crippen molar-refractivity contribution in [3.05, 3.63) is 60.2 Å². The highest BCUT2D eigenvalue weighted by Crippen LogP contribution is 2.23. The van der Waals surface area contributed by atoms with Gasteiger partial charge in [0.25, 0.3) is 0 Å². The zero-order valence-corrected chi connectivity index (χ0v) is 12.6. The molecule has 0 saturated heterocycles. The van der Waals surface area contributed by atoms with Gasteiger partial charge in [0.15, 0.2) is 16.2 Å². The van der Waals surface area contributed by atoms with Crippen LogP contribution in [0.2, 0.25) is 0 Å².